The summed E-state index contributed by atoms with van der Waals surface area (Å²) in [5.41, 5.74) is 0.00394. The molecule has 1 aromatic carbocycles. The Labute approximate surface area is 89.8 Å². The summed E-state index contributed by atoms with van der Waals surface area (Å²) in [5, 5.41) is 0. The van der Waals surface area contributed by atoms with E-state index in [1.807, 2.05) is 0 Å². The minimum atomic E-state index is -4.77. The fraction of sp³-hybridized carbons (Fsp3) is 0.333. The minimum absolute atomic E-state index is 0.00394. The molecule has 0 aromatic heterocycles. The predicted octanol–water partition coefficient (Wildman–Crippen LogP) is 2.30. The quantitative estimate of drug-likeness (QED) is 0.778. The van der Waals surface area contributed by atoms with Crippen LogP contribution in [0.3, 0.4) is 0 Å². The van der Waals surface area contributed by atoms with Gasteiger partial charge in [0.2, 0.25) is 0 Å². The average Bonchev–Trinajstić information content (AvgIpc) is 1.96. The van der Waals surface area contributed by atoms with Gasteiger partial charge < -0.3 is 0 Å². The molecule has 0 aliphatic carbocycles. The minimum Gasteiger partial charge on any atom is -0.228 e. The van der Waals surface area contributed by atoms with Gasteiger partial charge in [-0.15, -0.1) is 0 Å². The summed E-state index contributed by atoms with van der Waals surface area (Å²) in [5.74, 6) is -3.39. The van der Waals surface area contributed by atoms with E-state index in [0.29, 0.717) is 0 Å². The molecule has 0 aliphatic heterocycles. The second-order valence-electron chi connectivity index (χ2n) is 3.28. The van der Waals surface area contributed by atoms with Crippen LogP contribution in [0.1, 0.15) is 5.56 Å². The summed E-state index contributed by atoms with van der Waals surface area (Å²) < 4.78 is 70.5. The van der Waals surface area contributed by atoms with Crippen LogP contribution in [-0.2, 0) is 15.6 Å². The van der Waals surface area contributed by atoms with E-state index >= 15 is 0 Å². The van der Waals surface area contributed by atoms with Crippen molar-refractivity contribution in [1.29, 1.82) is 0 Å². The monoisotopic (exact) mass is 256 g/mol. The number of alkyl halides is 3. The van der Waals surface area contributed by atoms with E-state index in [-0.39, 0.29) is 5.56 Å². The highest BCUT2D eigenvalue weighted by Crippen LogP contribution is 2.20. The molecule has 0 aliphatic rings. The van der Waals surface area contributed by atoms with E-state index in [1.54, 1.807) is 0 Å². The van der Waals surface area contributed by atoms with Crippen LogP contribution in [0.15, 0.2) is 24.3 Å². The fourth-order valence-corrected chi connectivity index (χ4v) is 2.47. The number of sulfone groups is 1. The standard InChI is InChI=1S/C9H8F4O2S/c10-8-3-1-2-7(4-8)5-16(14,15)6-9(11,12)13/h1-4H,5-6H2. The first-order valence-corrected chi connectivity index (χ1v) is 6.02. The van der Waals surface area contributed by atoms with Crippen molar-refractivity contribution in [2.45, 2.75) is 11.9 Å². The molecule has 0 atom stereocenters. The van der Waals surface area contributed by atoms with Gasteiger partial charge in [0.15, 0.2) is 9.84 Å². The van der Waals surface area contributed by atoms with E-state index in [9.17, 15) is 26.0 Å². The lowest BCUT2D eigenvalue weighted by molar-refractivity contribution is -0.106. The Morgan fingerprint density at radius 2 is 1.81 bits per heavy atom. The molecule has 90 valence electrons. The zero-order valence-electron chi connectivity index (χ0n) is 7.96. The normalized spacial score (nSPS) is 12.8. The van der Waals surface area contributed by atoms with Crippen molar-refractivity contribution in [2.75, 3.05) is 5.75 Å². The summed E-state index contributed by atoms with van der Waals surface area (Å²) in [6.07, 6.45) is -4.77. The third kappa shape index (κ3) is 4.61. The van der Waals surface area contributed by atoms with E-state index in [0.717, 1.165) is 12.1 Å². The fourth-order valence-electron chi connectivity index (χ4n) is 1.18. The van der Waals surface area contributed by atoms with Crippen LogP contribution < -0.4 is 0 Å². The highest BCUT2D eigenvalue weighted by molar-refractivity contribution is 7.90. The largest absolute Gasteiger partial charge is 0.402 e. The number of hydrogen-bond acceptors (Lipinski definition) is 2. The third-order valence-electron chi connectivity index (χ3n) is 1.66. The molecule has 0 heterocycles. The van der Waals surface area contributed by atoms with Crippen LogP contribution in [0.2, 0.25) is 0 Å². The molecular formula is C9H8F4O2S. The van der Waals surface area contributed by atoms with Gasteiger partial charge in [0, 0.05) is 0 Å². The second-order valence-corrected chi connectivity index (χ2v) is 5.34. The van der Waals surface area contributed by atoms with Gasteiger partial charge in [-0.3, -0.25) is 0 Å². The number of benzene rings is 1. The third-order valence-corrected chi connectivity index (χ3v) is 3.20. The van der Waals surface area contributed by atoms with Crippen molar-refractivity contribution in [3.05, 3.63) is 35.6 Å². The summed E-state index contributed by atoms with van der Waals surface area (Å²) in [6, 6.07) is 4.48. The summed E-state index contributed by atoms with van der Waals surface area (Å²) in [4.78, 5) is 0. The van der Waals surface area contributed by atoms with E-state index in [4.69, 9.17) is 0 Å². The van der Waals surface area contributed by atoms with Crippen molar-refractivity contribution in [1.82, 2.24) is 0 Å². The Morgan fingerprint density at radius 1 is 1.19 bits per heavy atom. The van der Waals surface area contributed by atoms with Crippen molar-refractivity contribution in [2.24, 2.45) is 0 Å². The molecule has 16 heavy (non-hydrogen) atoms. The first kappa shape index (κ1) is 13.0. The predicted molar refractivity (Wildman–Crippen MR) is 49.9 cm³/mol. The lowest BCUT2D eigenvalue weighted by Crippen LogP contribution is -2.23. The molecule has 0 N–H and O–H groups in total. The van der Waals surface area contributed by atoms with E-state index in [1.165, 1.54) is 12.1 Å². The molecule has 0 bridgehead atoms. The highest BCUT2D eigenvalue weighted by Gasteiger charge is 2.34. The maximum Gasteiger partial charge on any atom is 0.402 e. The van der Waals surface area contributed by atoms with Gasteiger partial charge in [0.05, 0.1) is 5.75 Å². The second kappa shape index (κ2) is 4.40. The van der Waals surface area contributed by atoms with Crippen LogP contribution >= 0.6 is 0 Å². The molecule has 0 amide bonds. The summed E-state index contributed by atoms with van der Waals surface area (Å²) >= 11 is 0. The molecule has 1 aromatic rings. The molecule has 1 rings (SSSR count). The van der Waals surface area contributed by atoms with Crippen LogP contribution in [-0.4, -0.2) is 20.3 Å². The summed E-state index contributed by atoms with van der Waals surface area (Å²) in [7, 11) is -4.30. The Morgan fingerprint density at radius 3 is 2.31 bits per heavy atom. The maximum atomic E-state index is 12.7. The molecule has 0 unspecified atom stereocenters. The average molecular weight is 256 g/mol. The van der Waals surface area contributed by atoms with Gasteiger partial charge in [-0.1, -0.05) is 12.1 Å². The van der Waals surface area contributed by atoms with Gasteiger partial charge in [0.1, 0.15) is 11.6 Å². The topological polar surface area (TPSA) is 34.1 Å². The van der Waals surface area contributed by atoms with Crippen molar-refractivity contribution in [3.8, 4) is 0 Å². The number of rotatable bonds is 3. The van der Waals surface area contributed by atoms with Gasteiger partial charge in [0.25, 0.3) is 0 Å². The van der Waals surface area contributed by atoms with Gasteiger partial charge in [-0.05, 0) is 17.7 Å². The highest BCUT2D eigenvalue weighted by atomic mass is 32.2. The van der Waals surface area contributed by atoms with Crippen LogP contribution in [0.25, 0.3) is 0 Å². The van der Waals surface area contributed by atoms with Crippen molar-refractivity contribution in [3.63, 3.8) is 0 Å². The molecule has 2 nitrogen and oxygen atoms in total. The SMILES string of the molecule is O=S(=O)(Cc1cccc(F)c1)CC(F)(F)F. The van der Waals surface area contributed by atoms with Crippen LogP contribution in [0.5, 0.6) is 0 Å². The van der Waals surface area contributed by atoms with Gasteiger partial charge in [-0.2, -0.15) is 13.2 Å². The first-order chi connectivity index (χ1) is 7.18. The maximum absolute atomic E-state index is 12.7. The molecule has 0 saturated carbocycles. The van der Waals surface area contributed by atoms with Gasteiger partial charge >= 0.3 is 6.18 Å². The lowest BCUT2D eigenvalue weighted by atomic mass is 10.2. The Bertz CT molecular complexity index is 465. The molecule has 0 spiro atoms. The van der Waals surface area contributed by atoms with E-state index in [2.05, 4.69) is 0 Å². The molecule has 7 heteroatoms. The molecule has 0 saturated heterocycles. The number of hydrogen-bond donors (Lipinski definition) is 0. The molecular weight excluding hydrogens is 248 g/mol. The first-order valence-electron chi connectivity index (χ1n) is 4.20. The Balaban J connectivity index is 2.81. The van der Waals surface area contributed by atoms with Crippen molar-refractivity contribution < 1.29 is 26.0 Å². The Kier molecular flexibility index (Phi) is 3.57. The zero-order chi connectivity index (χ0) is 12.4. The molecule has 0 radical (unpaired) electrons. The smallest absolute Gasteiger partial charge is 0.228 e. The van der Waals surface area contributed by atoms with Crippen LogP contribution in [0, 0.1) is 5.82 Å². The summed E-state index contributed by atoms with van der Waals surface area (Å²) in [6.45, 7) is 0. The van der Waals surface area contributed by atoms with E-state index < -0.39 is 33.3 Å². The Hall–Kier alpha value is -1.11. The zero-order valence-corrected chi connectivity index (χ0v) is 8.78. The number of halogens is 4. The van der Waals surface area contributed by atoms with Crippen molar-refractivity contribution >= 4 is 9.84 Å². The molecule has 0 fully saturated rings. The van der Waals surface area contributed by atoms with Crippen LogP contribution in [0.4, 0.5) is 17.6 Å². The lowest BCUT2D eigenvalue weighted by Gasteiger charge is -2.07. The van der Waals surface area contributed by atoms with Gasteiger partial charge in [-0.25, -0.2) is 12.8 Å².